The van der Waals surface area contributed by atoms with E-state index in [1.165, 1.54) is 0 Å². The van der Waals surface area contributed by atoms with E-state index < -0.39 is 5.60 Å². The average Bonchev–Trinajstić information content (AvgIpc) is 2.96. The minimum atomic E-state index is -0.450. The third-order valence-corrected chi connectivity index (χ3v) is 4.30. The number of imidazole rings is 1. The van der Waals surface area contributed by atoms with Crippen LogP contribution in [0.25, 0.3) is 11.0 Å². The number of piperidine rings is 1. The highest BCUT2D eigenvalue weighted by atomic mass is 16.6. The predicted octanol–water partition coefficient (Wildman–Crippen LogP) is 3.98. The summed E-state index contributed by atoms with van der Waals surface area (Å²) < 4.78 is 11.2. The number of nitrogens with zero attached hydrogens (tertiary/aromatic N) is 2. The number of aromatic amines is 1. The number of fused-ring (bicyclic) bond motifs is 1. The van der Waals surface area contributed by atoms with Crippen molar-refractivity contribution < 1.29 is 14.3 Å². The zero-order chi connectivity index (χ0) is 17.9. The van der Waals surface area contributed by atoms with Crippen LogP contribution in [-0.4, -0.2) is 46.3 Å². The molecule has 0 spiro atoms. The number of carbonyl (C=O) groups is 1. The van der Waals surface area contributed by atoms with Gasteiger partial charge in [0.25, 0.3) is 6.01 Å². The van der Waals surface area contributed by atoms with Crippen LogP contribution >= 0.6 is 0 Å². The van der Waals surface area contributed by atoms with Crippen molar-refractivity contribution in [3.05, 3.63) is 24.3 Å². The van der Waals surface area contributed by atoms with E-state index in [1.807, 2.05) is 49.9 Å². The van der Waals surface area contributed by atoms with Crippen LogP contribution in [0.4, 0.5) is 4.79 Å². The number of rotatable bonds is 4. The first kappa shape index (κ1) is 17.6. The summed E-state index contributed by atoms with van der Waals surface area (Å²) in [6.45, 7) is 7.79. The first-order valence-electron chi connectivity index (χ1n) is 8.96. The quantitative estimate of drug-likeness (QED) is 0.910. The van der Waals surface area contributed by atoms with E-state index >= 15 is 0 Å². The summed E-state index contributed by atoms with van der Waals surface area (Å²) in [5, 5.41) is 0. The van der Waals surface area contributed by atoms with Gasteiger partial charge in [0.05, 0.1) is 17.6 Å². The van der Waals surface area contributed by atoms with Crippen LogP contribution in [-0.2, 0) is 4.74 Å². The van der Waals surface area contributed by atoms with Crippen molar-refractivity contribution in [1.29, 1.82) is 0 Å². The van der Waals surface area contributed by atoms with Gasteiger partial charge in [0.15, 0.2) is 0 Å². The van der Waals surface area contributed by atoms with E-state index in [0.29, 0.717) is 18.5 Å². The average molecular weight is 345 g/mol. The Hall–Kier alpha value is -2.24. The van der Waals surface area contributed by atoms with Crippen LogP contribution in [0.15, 0.2) is 24.3 Å². The van der Waals surface area contributed by atoms with E-state index in [9.17, 15) is 4.79 Å². The van der Waals surface area contributed by atoms with Crippen LogP contribution in [0.3, 0.4) is 0 Å². The number of carbonyl (C=O) groups excluding carboxylic acids is 1. The zero-order valence-corrected chi connectivity index (χ0v) is 15.2. The van der Waals surface area contributed by atoms with E-state index in [-0.39, 0.29) is 6.09 Å². The zero-order valence-electron chi connectivity index (χ0n) is 15.2. The molecular weight excluding hydrogens is 318 g/mol. The van der Waals surface area contributed by atoms with Gasteiger partial charge in [-0.15, -0.1) is 0 Å². The Morgan fingerprint density at radius 2 is 2.16 bits per heavy atom. The lowest BCUT2D eigenvalue weighted by atomic mass is 9.95. The van der Waals surface area contributed by atoms with Crippen LogP contribution in [0.1, 0.15) is 40.0 Å². The fraction of sp³-hybridized carbons (Fsp3) is 0.579. The molecule has 0 bridgehead atoms. The highest BCUT2D eigenvalue weighted by molar-refractivity contribution is 5.75. The first-order valence-corrected chi connectivity index (χ1v) is 8.96. The minimum Gasteiger partial charge on any atom is -0.465 e. The summed E-state index contributed by atoms with van der Waals surface area (Å²) in [7, 11) is 0. The molecule has 1 fully saturated rings. The van der Waals surface area contributed by atoms with Crippen LogP contribution in [0.5, 0.6) is 6.01 Å². The lowest BCUT2D eigenvalue weighted by Crippen LogP contribution is -2.43. The Kier molecular flexibility index (Phi) is 5.16. The molecule has 1 aromatic heterocycles. The molecule has 1 aromatic carbocycles. The smallest absolute Gasteiger partial charge is 0.410 e. The van der Waals surface area contributed by atoms with Gasteiger partial charge in [-0.1, -0.05) is 12.1 Å². The second-order valence-corrected chi connectivity index (χ2v) is 7.63. The number of benzene rings is 1. The largest absolute Gasteiger partial charge is 0.465 e. The molecule has 1 atom stereocenters. The van der Waals surface area contributed by atoms with E-state index in [1.54, 1.807) is 0 Å². The summed E-state index contributed by atoms with van der Waals surface area (Å²) in [6, 6.07) is 8.42. The lowest BCUT2D eigenvalue weighted by Gasteiger charge is -2.34. The number of aromatic nitrogens is 2. The molecular formula is C19H27N3O3. The number of H-pyrrole nitrogens is 1. The number of likely N-dealkylation sites (tertiary alicyclic amines) is 1. The summed E-state index contributed by atoms with van der Waals surface area (Å²) in [6.07, 6.45) is 2.81. The molecule has 136 valence electrons. The topological polar surface area (TPSA) is 67.4 Å². The fourth-order valence-corrected chi connectivity index (χ4v) is 3.11. The van der Waals surface area contributed by atoms with Gasteiger partial charge in [-0.3, -0.25) is 0 Å². The molecule has 0 saturated carbocycles. The molecule has 6 nitrogen and oxygen atoms in total. The number of nitrogens with one attached hydrogen (secondary N) is 1. The third-order valence-electron chi connectivity index (χ3n) is 4.30. The Bertz CT molecular complexity index is 687. The summed E-state index contributed by atoms with van der Waals surface area (Å²) in [5.74, 6) is 0.436. The molecule has 2 heterocycles. The van der Waals surface area contributed by atoms with Gasteiger partial charge in [-0.05, 0) is 58.1 Å². The molecule has 1 aliphatic heterocycles. The Balaban J connectivity index is 1.47. The molecule has 3 rings (SSSR count). The summed E-state index contributed by atoms with van der Waals surface area (Å²) in [4.78, 5) is 21.6. The molecule has 25 heavy (non-hydrogen) atoms. The van der Waals surface area contributed by atoms with Crippen LogP contribution in [0, 0.1) is 5.92 Å². The monoisotopic (exact) mass is 345 g/mol. The number of para-hydroxylation sites is 2. The number of ether oxygens (including phenoxy) is 2. The van der Waals surface area contributed by atoms with Crippen molar-refractivity contribution in [2.45, 2.75) is 45.6 Å². The minimum absolute atomic E-state index is 0.213. The second kappa shape index (κ2) is 7.33. The van der Waals surface area contributed by atoms with Crippen LogP contribution < -0.4 is 4.74 Å². The van der Waals surface area contributed by atoms with E-state index in [0.717, 1.165) is 43.4 Å². The highest BCUT2D eigenvalue weighted by Crippen LogP contribution is 2.22. The summed E-state index contributed by atoms with van der Waals surface area (Å²) >= 11 is 0. The maximum atomic E-state index is 12.2. The normalized spacial score (nSPS) is 18.4. The van der Waals surface area contributed by atoms with Crippen molar-refractivity contribution in [2.75, 3.05) is 19.7 Å². The first-order chi connectivity index (χ1) is 11.9. The maximum absolute atomic E-state index is 12.2. The van der Waals surface area contributed by atoms with Crippen molar-refractivity contribution in [1.82, 2.24) is 14.9 Å². The Labute approximate surface area is 148 Å². The Morgan fingerprint density at radius 3 is 2.92 bits per heavy atom. The van der Waals surface area contributed by atoms with Gasteiger partial charge in [-0.25, -0.2) is 4.79 Å². The SMILES string of the molecule is CC(C)(C)OC(=O)N1CCC[C@@H](CCOc2nc3ccccc3[nH]2)C1. The second-order valence-electron chi connectivity index (χ2n) is 7.63. The van der Waals surface area contributed by atoms with Gasteiger partial charge < -0.3 is 19.4 Å². The van der Waals surface area contributed by atoms with Gasteiger partial charge in [-0.2, -0.15) is 4.98 Å². The van der Waals surface area contributed by atoms with E-state index in [2.05, 4.69) is 9.97 Å². The lowest BCUT2D eigenvalue weighted by molar-refractivity contribution is 0.0154. The number of amides is 1. The summed E-state index contributed by atoms with van der Waals surface area (Å²) in [5.41, 5.74) is 1.44. The molecule has 1 amide bonds. The molecule has 1 saturated heterocycles. The standard InChI is InChI=1S/C19H27N3O3/c1-19(2,3)25-18(23)22-11-6-7-14(13-22)10-12-24-17-20-15-8-4-5-9-16(15)21-17/h4-5,8-9,14H,6-7,10-13H2,1-3H3,(H,20,21)/t14-/m0/s1. The highest BCUT2D eigenvalue weighted by Gasteiger charge is 2.27. The van der Waals surface area contributed by atoms with Crippen molar-refractivity contribution >= 4 is 17.1 Å². The Morgan fingerprint density at radius 1 is 1.36 bits per heavy atom. The number of hydrogen-bond donors (Lipinski definition) is 1. The maximum Gasteiger partial charge on any atom is 0.410 e. The van der Waals surface area contributed by atoms with Crippen molar-refractivity contribution in [3.63, 3.8) is 0 Å². The fourth-order valence-electron chi connectivity index (χ4n) is 3.11. The molecule has 1 aliphatic rings. The molecule has 0 radical (unpaired) electrons. The van der Waals surface area contributed by atoms with Gasteiger partial charge >= 0.3 is 6.09 Å². The molecule has 2 aromatic rings. The van der Waals surface area contributed by atoms with E-state index in [4.69, 9.17) is 9.47 Å². The van der Waals surface area contributed by atoms with Gasteiger partial charge in [0.2, 0.25) is 0 Å². The van der Waals surface area contributed by atoms with Gasteiger partial charge in [0.1, 0.15) is 5.60 Å². The molecule has 0 aliphatic carbocycles. The third kappa shape index (κ3) is 4.87. The van der Waals surface area contributed by atoms with Crippen LogP contribution in [0.2, 0.25) is 0 Å². The van der Waals surface area contributed by atoms with Crippen molar-refractivity contribution in [2.24, 2.45) is 5.92 Å². The molecule has 6 heteroatoms. The number of hydrogen-bond acceptors (Lipinski definition) is 4. The van der Waals surface area contributed by atoms with Gasteiger partial charge in [0, 0.05) is 13.1 Å². The predicted molar refractivity (Wildman–Crippen MR) is 96.7 cm³/mol. The van der Waals surface area contributed by atoms with Crippen molar-refractivity contribution in [3.8, 4) is 6.01 Å². The molecule has 0 unspecified atom stereocenters. The molecule has 1 N–H and O–H groups in total.